The first kappa shape index (κ1) is 26.6. The average molecular weight is 584 g/mol. The van der Waals surface area contributed by atoms with Crippen molar-refractivity contribution in [3.05, 3.63) is 117 Å². The normalized spacial score (nSPS) is 15.2. The van der Waals surface area contributed by atoms with E-state index in [4.69, 9.17) is 32.4 Å². The van der Waals surface area contributed by atoms with Crippen LogP contribution in [-0.4, -0.2) is 22.1 Å². The van der Waals surface area contributed by atoms with Gasteiger partial charge in [0.05, 0.1) is 32.4 Å². The van der Waals surface area contributed by atoms with Gasteiger partial charge in [0.15, 0.2) is 4.80 Å². The molecule has 198 valence electrons. The molecule has 0 spiro atoms. The van der Waals surface area contributed by atoms with Crippen LogP contribution in [0.2, 0.25) is 10.0 Å². The molecule has 2 aromatic carbocycles. The fourth-order valence-electron chi connectivity index (χ4n) is 4.30. The summed E-state index contributed by atoms with van der Waals surface area (Å²) in [5.41, 5.74) is 1.03. The number of esters is 1. The van der Waals surface area contributed by atoms with Crippen LogP contribution in [-0.2, 0) is 9.53 Å². The standard InChI is InChI=1S/C27H19Cl2N3O6S/c1-3-37-26(34)23-14(2)30-27-31(24(23)17-6-4-5-7-19(17)28)25(33)22(39-27)13-16-9-11-21(38-16)18-12-15(32(35)36)8-10-20(18)29/h4-13,24H,3H2,1-2H3/t24-/m1/s1. The molecule has 0 saturated carbocycles. The Labute approximate surface area is 235 Å². The van der Waals surface area contributed by atoms with Gasteiger partial charge in [-0.05, 0) is 43.7 Å². The number of thiazole rings is 1. The van der Waals surface area contributed by atoms with Crippen LogP contribution in [0.1, 0.15) is 31.2 Å². The van der Waals surface area contributed by atoms with Gasteiger partial charge in [0.1, 0.15) is 17.6 Å². The Kier molecular flexibility index (Phi) is 7.26. The number of hydrogen-bond donors (Lipinski definition) is 0. The molecule has 1 aliphatic heterocycles. The summed E-state index contributed by atoms with van der Waals surface area (Å²) >= 11 is 13.9. The van der Waals surface area contributed by atoms with Crippen LogP contribution in [0.15, 0.2) is 80.1 Å². The summed E-state index contributed by atoms with van der Waals surface area (Å²) in [6, 6.07) is 13.4. The van der Waals surface area contributed by atoms with Crippen molar-refractivity contribution in [1.29, 1.82) is 0 Å². The molecule has 0 amide bonds. The maximum absolute atomic E-state index is 13.7. The number of rotatable bonds is 6. The van der Waals surface area contributed by atoms with E-state index in [1.807, 2.05) is 0 Å². The molecule has 0 bridgehead atoms. The van der Waals surface area contributed by atoms with E-state index in [1.165, 1.54) is 22.8 Å². The van der Waals surface area contributed by atoms with Gasteiger partial charge in [0.2, 0.25) is 0 Å². The van der Waals surface area contributed by atoms with Gasteiger partial charge in [-0.1, -0.05) is 52.7 Å². The lowest BCUT2D eigenvalue weighted by Gasteiger charge is -2.25. The molecule has 2 aromatic heterocycles. The number of fused-ring (bicyclic) bond motifs is 1. The first-order valence-corrected chi connectivity index (χ1v) is 13.2. The Hall–Kier alpha value is -3.99. The third-order valence-electron chi connectivity index (χ3n) is 6.04. The van der Waals surface area contributed by atoms with E-state index in [2.05, 4.69) is 4.99 Å². The second kappa shape index (κ2) is 10.6. The minimum absolute atomic E-state index is 0.131. The van der Waals surface area contributed by atoms with Crippen molar-refractivity contribution in [2.24, 2.45) is 4.99 Å². The van der Waals surface area contributed by atoms with Gasteiger partial charge >= 0.3 is 5.97 Å². The summed E-state index contributed by atoms with van der Waals surface area (Å²) in [4.78, 5) is 42.3. The Morgan fingerprint density at radius 2 is 1.97 bits per heavy atom. The zero-order valence-electron chi connectivity index (χ0n) is 20.5. The number of aromatic nitrogens is 1. The van der Waals surface area contributed by atoms with Gasteiger partial charge in [-0.3, -0.25) is 19.5 Å². The summed E-state index contributed by atoms with van der Waals surface area (Å²) in [5.74, 6) is 0.0491. The molecule has 0 N–H and O–H groups in total. The lowest BCUT2D eigenvalue weighted by Crippen LogP contribution is -2.40. The molecule has 1 atom stereocenters. The number of furan rings is 1. The Morgan fingerprint density at radius 1 is 1.21 bits per heavy atom. The highest BCUT2D eigenvalue weighted by Gasteiger charge is 2.34. The molecular formula is C27H19Cl2N3O6S. The van der Waals surface area contributed by atoms with Crippen molar-refractivity contribution < 1.29 is 18.9 Å². The van der Waals surface area contributed by atoms with Gasteiger partial charge in [-0.25, -0.2) is 9.79 Å². The maximum Gasteiger partial charge on any atom is 0.338 e. The third kappa shape index (κ3) is 4.94. The number of ether oxygens (including phenoxy) is 1. The van der Waals surface area contributed by atoms with E-state index < -0.39 is 22.5 Å². The quantitative estimate of drug-likeness (QED) is 0.173. The fourth-order valence-corrected chi connectivity index (χ4v) is 5.78. The van der Waals surface area contributed by atoms with E-state index in [0.717, 1.165) is 11.3 Å². The number of carbonyl (C=O) groups excluding carboxylic acids is 1. The highest BCUT2D eigenvalue weighted by atomic mass is 35.5. The number of carbonyl (C=O) groups is 1. The van der Waals surface area contributed by atoms with Crippen LogP contribution in [0, 0.1) is 10.1 Å². The Morgan fingerprint density at radius 3 is 2.69 bits per heavy atom. The molecule has 0 fully saturated rings. The lowest BCUT2D eigenvalue weighted by molar-refractivity contribution is -0.384. The number of nitro benzene ring substituents is 1. The molecule has 4 aromatic rings. The van der Waals surface area contributed by atoms with Crippen molar-refractivity contribution in [3.63, 3.8) is 0 Å². The largest absolute Gasteiger partial charge is 0.463 e. The van der Waals surface area contributed by atoms with E-state index in [-0.39, 0.29) is 22.9 Å². The van der Waals surface area contributed by atoms with Crippen LogP contribution in [0.4, 0.5) is 5.69 Å². The second-order valence-corrected chi connectivity index (χ2v) is 10.3. The fraction of sp³-hybridized carbons (Fsp3) is 0.148. The number of nitrogens with zero attached hydrogens (tertiary/aromatic N) is 3. The first-order valence-electron chi connectivity index (χ1n) is 11.7. The van der Waals surface area contributed by atoms with Gasteiger partial charge < -0.3 is 9.15 Å². The van der Waals surface area contributed by atoms with Crippen LogP contribution in [0.25, 0.3) is 17.4 Å². The maximum atomic E-state index is 13.7. The second-order valence-electron chi connectivity index (χ2n) is 8.45. The molecule has 0 unspecified atom stereocenters. The SMILES string of the molecule is CCOC(=O)C1=C(C)N=c2sc(=Cc3ccc(-c4cc([N+](=O)[O-])ccc4Cl)o3)c(=O)n2[C@@H]1c1ccccc1Cl. The number of hydrogen-bond acceptors (Lipinski definition) is 8. The van der Waals surface area contributed by atoms with E-state index in [1.54, 1.807) is 56.3 Å². The minimum atomic E-state index is -0.841. The van der Waals surface area contributed by atoms with Crippen LogP contribution in [0.3, 0.4) is 0 Å². The Balaban J connectivity index is 1.64. The lowest BCUT2D eigenvalue weighted by atomic mass is 9.96. The van der Waals surface area contributed by atoms with E-state index in [9.17, 15) is 19.7 Å². The third-order valence-corrected chi connectivity index (χ3v) is 7.70. The van der Waals surface area contributed by atoms with Crippen molar-refractivity contribution in [2.75, 3.05) is 6.61 Å². The van der Waals surface area contributed by atoms with Crippen molar-refractivity contribution in [2.45, 2.75) is 19.9 Å². The van der Waals surface area contributed by atoms with Gasteiger partial charge in [-0.15, -0.1) is 0 Å². The summed E-state index contributed by atoms with van der Waals surface area (Å²) < 4.78 is 12.9. The van der Waals surface area contributed by atoms with Crippen molar-refractivity contribution >= 4 is 52.3 Å². The highest BCUT2D eigenvalue weighted by Crippen LogP contribution is 2.35. The number of halogens is 2. The minimum Gasteiger partial charge on any atom is -0.463 e. The van der Waals surface area contributed by atoms with E-state index in [0.29, 0.717) is 42.7 Å². The number of benzene rings is 2. The molecule has 0 radical (unpaired) electrons. The predicted molar refractivity (Wildman–Crippen MR) is 148 cm³/mol. The summed E-state index contributed by atoms with van der Waals surface area (Å²) in [5, 5.41) is 11.9. The molecular weight excluding hydrogens is 565 g/mol. The average Bonchev–Trinajstić information content (AvgIpc) is 3.48. The summed E-state index contributed by atoms with van der Waals surface area (Å²) in [6.45, 7) is 3.55. The van der Waals surface area contributed by atoms with E-state index >= 15 is 0 Å². The van der Waals surface area contributed by atoms with Gasteiger partial charge in [0.25, 0.3) is 11.2 Å². The first-order chi connectivity index (χ1) is 18.7. The smallest absolute Gasteiger partial charge is 0.338 e. The molecule has 39 heavy (non-hydrogen) atoms. The van der Waals surface area contributed by atoms with Gasteiger partial charge in [0, 0.05) is 28.8 Å². The van der Waals surface area contributed by atoms with Crippen LogP contribution in [0.5, 0.6) is 0 Å². The molecule has 5 rings (SSSR count). The van der Waals surface area contributed by atoms with Crippen molar-refractivity contribution in [3.8, 4) is 11.3 Å². The van der Waals surface area contributed by atoms with Crippen LogP contribution < -0.4 is 14.9 Å². The van der Waals surface area contributed by atoms with Crippen molar-refractivity contribution in [1.82, 2.24) is 4.57 Å². The summed E-state index contributed by atoms with van der Waals surface area (Å²) in [6.07, 6.45) is 1.55. The molecule has 3 heterocycles. The Bertz CT molecular complexity index is 1850. The molecule has 1 aliphatic rings. The number of allylic oxidation sites excluding steroid dienone is 1. The molecule has 9 nitrogen and oxygen atoms in total. The van der Waals surface area contributed by atoms with Crippen LogP contribution >= 0.6 is 34.5 Å². The summed E-state index contributed by atoms with van der Waals surface area (Å²) in [7, 11) is 0. The monoisotopic (exact) mass is 583 g/mol. The number of non-ortho nitro benzene ring substituents is 1. The molecule has 0 saturated heterocycles. The number of nitro groups is 1. The zero-order chi connectivity index (χ0) is 27.8. The molecule has 0 aliphatic carbocycles. The predicted octanol–water partition coefficient (Wildman–Crippen LogP) is 5.27. The zero-order valence-corrected chi connectivity index (χ0v) is 22.8. The highest BCUT2D eigenvalue weighted by molar-refractivity contribution is 7.07. The molecule has 12 heteroatoms. The topological polar surface area (TPSA) is 117 Å². The van der Waals surface area contributed by atoms with Gasteiger partial charge in [-0.2, -0.15) is 0 Å².